The SMILES string of the molecule is Cc1ccc(-n2cc(CN3C[C@@H]4[C@H](CN(C)C)[C@H]5CC[C@]4(C3)O5)cn2)cc1C. The standard InChI is InChI=1S/C23H32N4O/c1-16-5-6-19(9-17(16)2)27-12-18(10-24-27)11-26-14-21-20(13-25(3)4)22-7-8-23(21,15-26)28-22/h5-6,9-10,12,20-22H,7-8,11,13-15H2,1-4H3/t20-,21+,22+,23+/m0/s1. The summed E-state index contributed by atoms with van der Waals surface area (Å²) >= 11 is 0. The van der Waals surface area contributed by atoms with Crippen molar-refractivity contribution >= 4 is 0 Å². The molecule has 0 saturated carbocycles. The largest absolute Gasteiger partial charge is 0.370 e. The normalized spacial score (nSPS) is 31.8. The first-order valence-corrected chi connectivity index (χ1v) is 10.6. The third-order valence-electron chi connectivity index (χ3n) is 7.23. The van der Waals surface area contributed by atoms with Gasteiger partial charge < -0.3 is 9.64 Å². The lowest BCUT2D eigenvalue weighted by molar-refractivity contribution is 0.00145. The highest BCUT2D eigenvalue weighted by Crippen LogP contribution is 2.55. The number of aromatic nitrogens is 2. The molecule has 4 atom stereocenters. The van der Waals surface area contributed by atoms with E-state index in [1.807, 2.05) is 10.9 Å². The van der Waals surface area contributed by atoms with Crippen molar-refractivity contribution in [3.63, 3.8) is 0 Å². The second kappa shape index (κ2) is 6.68. The van der Waals surface area contributed by atoms with E-state index >= 15 is 0 Å². The maximum atomic E-state index is 6.58. The molecule has 4 heterocycles. The van der Waals surface area contributed by atoms with Gasteiger partial charge in [0.2, 0.25) is 0 Å². The highest BCUT2D eigenvalue weighted by atomic mass is 16.5. The molecule has 3 saturated heterocycles. The number of hydrogen-bond donors (Lipinski definition) is 0. The number of fused-ring (bicyclic) bond motifs is 1. The average molecular weight is 381 g/mol. The van der Waals surface area contributed by atoms with Crippen LogP contribution in [0.4, 0.5) is 0 Å². The summed E-state index contributed by atoms with van der Waals surface area (Å²) in [6.45, 7) is 8.65. The number of hydrogen-bond acceptors (Lipinski definition) is 4. The summed E-state index contributed by atoms with van der Waals surface area (Å²) in [5.41, 5.74) is 5.17. The maximum Gasteiger partial charge on any atom is 0.0858 e. The molecule has 0 aliphatic carbocycles. The van der Waals surface area contributed by atoms with E-state index in [-0.39, 0.29) is 5.60 Å². The molecule has 28 heavy (non-hydrogen) atoms. The molecule has 0 radical (unpaired) electrons. The second-order valence-electron chi connectivity index (χ2n) is 9.52. The van der Waals surface area contributed by atoms with Crippen LogP contribution in [-0.4, -0.2) is 65.0 Å². The van der Waals surface area contributed by atoms with E-state index in [1.165, 1.54) is 29.5 Å². The van der Waals surface area contributed by atoms with Gasteiger partial charge in [0.15, 0.2) is 0 Å². The zero-order chi connectivity index (χ0) is 19.5. The lowest BCUT2D eigenvalue weighted by atomic mass is 9.73. The van der Waals surface area contributed by atoms with Crippen molar-refractivity contribution in [3.05, 3.63) is 47.3 Å². The van der Waals surface area contributed by atoms with Crippen molar-refractivity contribution < 1.29 is 4.74 Å². The Labute approximate surface area is 168 Å². The van der Waals surface area contributed by atoms with E-state index in [4.69, 9.17) is 4.74 Å². The highest BCUT2D eigenvalue weighted by Gasteiger charge is 2.62. The van der Waals surface area contributed by atoms with Gasteiger partial charge in [-0.1, -0.05) is 6.07 Å². The van der Waals surface area contributed by atoms with Crippen LogP contribution in [0.1, 0.15) is 29.5 Å². The molecule has 3 aliphatic rings. The van der Waals surface area contributed by atoms with Gasteiger partial charge in [0, 0.05) is 49.8 Å². The topological polar surface area (TPSA) is 33.5 Å². The van der Waals surface area contributed by atoms with Crippen LogP contribution in [0.15, 0.2) is 30.6 Å². The minimum Gasteiger partial charge on any atom is -0.370 e. The molecular weight excluding hydrogens is 348 g/mol. The Morgan fingerprint density at radius 2 is 2.11 bits per heavy atom. The Balaban J connectivity index is 1.29. The van der Waals surface area contributed by atoms with Gasteiger partial charge in [0.1, 0.15) is 0 Å². The molecular formula is C23H32N4O. The van der Waals surface area contributed by atoms with Gasteiger partial charge in [0.05, 0.1) is 23.6 Å². The summed E-state index contributed by atoms with van der Waals surface area (Å²) in [7, 11) is 4.37. The molecule has 2 bridgehead atoms. The first-order chi connectivity index (χ1) is 13.4. The zero-order valence-corrected chi connectivity index (χ0v) is 17.6. The predicted octanol–water partition coefficient (Wildman–Crippen LogP) is 3.03. The Morgan fingerprint density at radius 1 is 1.25 bits per heavy atom. The number of ether oxygens (including phenoxy) is 1. The van der Waals surface area contributed by atoms with Crippen molar-refractivity contribution in [1.29, 1.82) is 0 Å². The molecule has 150 valence electrons. The van der Waals surface area contributed by atoms with Crippen molar-refractivity contribution in [3.8, 4) is 5.69 Å². The predicted molar refractivity (Wildman–Crippen MR) is 111 cm³/mol. The first kappa shape index (κ1) is 18.3. The van der Waals surface area contributed by atoms with E-state index < -0.39 is 0 Å². The van der Waals surface area contributed by atoms with Crippen molar-refractivity contribution in [2.75, 3.05) is 33.7 Å². The Kier molecular flexibility index (Phi) is 4.38. The first-order valence-electron chi connectivity index (χ1n) is 10.6. The number of likely N-dealkylation sites (tertiary alicyclic amines) is 1. The Hall–Kier alpha value is -1.69. The van der Waals surface area contributed by atoms with Gasteiger partial charge in [-0.05, 0) is 64.0 Å². The third kappa shape index (κ3) is 3.00. The fourth-order valence-electron chi connectivity index (χ4n) is 5.78. The highest BCUT2D eigenvalue weighted by molar-refractivity contribution is 5.39. The quantitative estimate of drug-likeness (QED) is 0.798. The Bertz CT molecular complexity index is 875. The smallest absolute Gasteiger partial charge is 0.0858 e. The summed E-state index contributed by atoms with van der Waals surface area (Å²) in [5, 5.41) is 4.62. The Morgan fingerprint density at radius 3 is 2.89 bits per heavy atom. The van der Waals surface area contributed by atoms with Crippen molar-refractivity contribution in [2.45, 2.75) is 44.9 Å². The molecule has 5 rings (SSSR count). The molecule has 5 heteroatoms. The number of rotatable bonds is 5. The van der Waals surface area contributed by atoms with Gasteiger partial charge in [0.25, 0.3) is 0 Å². The zero-order valence-electron chi connectivity index (χ0n) is 17.6. The lowest BCUT2D eigenvalue weighted by Gasteiger charge is -2.31. The van der Waals surface area contributed by atoms with Crippen LogP contribution in [0.5, 0.6) is 0 Å². The van der Waals surface area contributed by atoms with Crippen LogP contribution in [0.2, 0.25) is 0 Å². The van der Waals surface area contributed by atoms with Crippen LogP contribution in [-0.2, 0) is 11.3 Å². The molecule has 1 spiro atoms. The summed E-state index contributed by atoms with van der Waals surface area (Å²) in [5.74, 6) is 1.37. The molecule has 2 aromatic rings. The van der Waals surface area contributed by atoms with Gasteiger partial charge in [-0.2, -0.15) is 5.10 Å². The fraction of sp³-hybridized carbons (Fsp3) is 0.609. The molecule has 0 unspecified atom stereocenters. The van der Waals surface area contributed by atoms with Crippen LogP contribution in [0.3, 0.4) is 0 Å². The second-order valence-corrected chi connectivity index (χ2v) is 9.52. The molecule has 0 amide bonds. The molecule has 5 nitrogen and oxygen atoms in total. The molecule has 3 fully saturated rings. The van der Waals surface area contributed by atoms with E-state index in [0.29, 0.717) is 17.9 Å². The van der Waals surface area contributed by atoms with Crippen LogP contribution in [0.25, 0.3) is 5.69 Å². The van der Waals surface area contributed by atoms with Crippen LogP contribution >= 0.6 is 0 Å². The number of aryl methyl sites for hydroxylation is 2. The van der Waals surface area contributed by atoms with E-state index in [2.05, 4.69) is 67.2 Å². The maximum absolute atomic E-state index is 6.58. The van der Waals surface area contributed by atoms with E-state index in [1.54, 1.807) is 0 Å². The van der Waals surface area contributed by atoms with Gasteiger partial charge in [-0.25, -0.2) is 4.68 Å². The van der Waals surface area contributed by atoms with Gasteiger partial charge in [-0.15, -0.1) is 0 Å². The monoisotopic (exact) mass is 380 g/mol. The number of nitrogens with zero attached hydrogens (tertiary/aromatic N) is 4. The van der Waals surface area contributed by atoms with Gasteiger partial charge >= 0.3 is 0 Å². The average Bonchev–Trinajstić information content (AvgIpc) is 3.39. The van der Waals surface area contributed by atoms with Crippen LogP contribution < -0.4 is 0 Å². The third-order valence-corrected chi connectivity index (χ3v) is 7.23. The minimum absolute atomic E-state index is 0.120. The van der Waals surface area contributed by atoms with E-state index in [9.17, 15) is 0 Å². The molecule has 0 N–H and O–H groups in total. The van der Waals surface area contributed by atoms with Crippen molar-refractivity contribution in [1.82, 2.24) is 19.6 Å². The fourth-order valence-corrected chi connectivity index (χ4v) is 5.78. The minimum atomic E-state index is 0.120. The van der Waals surface area contributed by atoms with Gasteiger partial charge in [-0.3, -0.25) is 4.90 Å². The summed E-state index contributed by atoms with van der Waals surface area (Å²) < 4.78 is 8.58. The summed E-state index contributed by atoms with van der Waals surface area (Å²) in [6.07, 6.45) is 7.18. The molecule has 1 aromatic carbocycles. The molecule has 3 aliphatic heterocycles. The summed E-state index contributed by atoms with van der Waals surface area (Å²) in [4.78, 5) is 4.93. The number of benzene rings is 1. The summed E-state index contributed by atoms with van der Waals surface area (Å²) in [6, 6.07) is 6.53. The molecule has 1 aromatic heterocycles. The van der Waals surface area contributed by atoms with E-state index in [0.717, 1.165) is 31.9 Å². The van der Waals surface area contributed by atoms with Crippen LogP contribution in [0, 0.1) is 25.7 Å². The van der Waals surface area contributed by atoms with Crippen molar-refractivity contribution in [2.24, 2.45) is 11.8 Å². The lowest BCUT2D eigenvalue weighted by Crippen LogP contribution is -2.40.